The van der Waals surface area contributed by atoms with Gasteiger partial charge in [0.25, 0.3) is 5.91 Å². The van der Waals surface area contributed by atoms with Crippen LogP contribution in [0.25, 0.3) is 0 Å². The van der Waals surface area contributed by atoms with Gasteiger partial charge in [0, 0.05) is 23.1 Å². The minimum atomic E-state index is -0.112. The number of hydrogen-bond donors (Lipinski definition) is 1. The van der Waals surface area contributed by atoms with Crippen molar-refractivity contribution in [1.82, 2.24) is 4.98 Å². The predicted molar refractivity (Wildman–Crippen MR) is 112 cm³/mol. The minimum Gasteiger partial charge on any atom is -0.298 e. The highest BCUT2D eigenvalue weighted by molar-refractivity contribution is 7.15. The Bertz CT molecular complexity index is 1000. The average Bonchev–Trinajstić information content (AvgIpc) is 3.11. The number of benzene rings is 2. The number of thiazole rings is 1. The maximum atomic E-state index is 12.6. The van der Waals surface area contributed by atoms with Crippen molar-refractivity contribution in [2.45, 2.75) is 32.1 Å². The van der Waals surface area contributed by atoms with Gasteiger partial charge in [-0.1, -0.05) is 35.3 Å². The first kappa shape index (κ1) is 18.5. The van der Waals surface area contributed by atoms with Gasteiger partial charge in [0.2, 0.25) is 0 Å². The van der Waals surface area contributed by atoms with Crippen LogP contribution < -0.4 is 5.32 Å². The monoisotopic (exact) mass is 416 g/mol. The highest BCUT2D eigenvalue weighted by Crippen LogP contribution is 2.27. The SMILES string of the molecule is O=C(Nc1ncc(Cc2ccc(Cl)c(Cl)c2)s1)c1ccc2c(c1)CCCC2. The topological polar surface area (TPSA) is 42.0 Å². The summed E-state index contributed by atoms with van der Waals surface area (Å²) in [5, 5.41) is 4.60. The van der Waals surface area contributed by atoms with E-state index in [1.54, 1.807) is 12.3 Å². The van der Waals surface area contributed by atoms with Crippen LogP contribution in [0.3, 0.4) is 0 Å². The number of carbonyl (C=O) groups excluding carboxylic acids is 1. The molecule has 138 valence electrons. The Morgan fingerprint density at radius 2 is 1.85 bits per heavy atom. The molecule has 0 bridgehead atoms. The normalized spacial score (nSPS) is 13.3. The maximum absolute atomic E-state index is 12.6. The van der Waals surface area contributed by atoms with E-state index in [9.17, 15) is 4.79 Å². The van der Waals surface area contributed by atoms with E-state index in [1.807, 2.05) is 24.3 Å². The molecule has 1 heterocycles. The molecular formula is C21H18Cl2N2OS. The number of nitrogens with zero attached hydrogens (tertiary/aromatic N) is 1. The van der Waals surface area contributed by atoms with Crippen LogP contribution in [0.15, 0.2) is 42.6 Å². The van der Waals surface area contributed by atoms with Crippen LogP contribution in [0.1, 0.15) is 44.8 Å². The third-order valence-corrected chi connectivity index (χ3v) is 6.40. The van der Waals surface area contributed by atoms with E-state index in [4.69, 9.17) is 23.2 Å². The van der Waals surface area contributed by atoms with E-state index in [0.717, 1.165) is 23.3 Å². The number of amides is 1. The van der Waals surface area contributed by atoms with Gasteiger partial charge in [0.05, 0.1) is 10.0 Å². The van der Waals surface area contributed by atoms with Gasteiger partial charge >= 0.3 is 0 Å². The molecule has 3 aromatic rings. The zero-order chi connectivity index (χ0) is 18.8. The second-order valence-corrected chi connectivity index (χ2v) is 8.63. The number of rotatable bonds is 4. The standard InChI is InChI=1S/C21H18Cl2N2OS/c22-18-8-5-13(10-19(18)23)9-17-12-24-21(27-17)25-20(26)16-7-6-14-3-1-2-4-15(14)11-16/h5-8,10-12H,1-4,9H2,(H,24,25,26). The maximum Gasteiger partial charge on any atom is 0.257 e. The van der Waals surface area contributed by atoms with Crippen molar-refractivity contribution < 1.29 is 4.79 Å². The molecule has 3 nitrogen and oxygen atoms in total. The summed E-state index contributed by atoms with van der Waals surface area (Å²) in [4.78, 5) is 18.0. The zero-order valence-electron chi connectivity index (χ0n) is 14.6. The molecule has 0 fully saturated rings. The van der Waals surface area contributed by atoms with E-state index >= 15 is 0 Å². The lowest BCUT2D eigenvalue weighted by Gasteiger charge is -2.16. The predicted octanol–water partition coefficient (Wildman–Crippen LogP) is 6.17. The zero-order valence-corrected chi connectivity index (χ0v) is 16.9. The van der Waals surface area contributed by atoms with E-state index < -0.39 is 0 Å². The molecule has 2 aromatic carbocycles. The lowest BCUT2D eigenvalue weighted by Crippen LogP contribution is -2.13. The number of halogens is 2. The quantitative estimate of drug-likeness (QED) is 0.552. The molecule has 4 rings (SSSR count). The minimum absolute atomic E-state index is 0.112. The van der Waals surface area contributed by atoms with Crippen LogP contribution in [-0.4, -0.2) is 10.9 Å². The van der Waals surface area contributed by atoms with Gasteiger partial charge in [-0.2, -0.15) is 0 Å². The summed E-state index contributed by atoms with van der Waals surface area (Å²) in [7, 11) is 0. The Kier molecular flexibility index (Phi) is 5.48. The molecule has 0 atom stereocenters. The fourth-order valence-electron chi connectivity index (χ4n) is 3.34. The van der Waals surface area contributed by atoms with Gasteiger partial charge in [-0.05, 0) is 66.6 Å². The summed E-state index contributed by atoms with van der Waals surface area (Å²) >= 11 is 13.5. The van der Waals surface area contributed by atoms with E-state index in [0.29, 0.717) is 27.2 Å². The van der Waals surface area contributed by atoms with Crippen LogP contribution >= 0.6 is 34.5 Å². The lowest BCUT2D eigenvalue weighted by molar-refractivity contribution is 0.102. The summed E-state index contributed by atoms with van der Waals surface area (Å²) in [6.45, 7) is 0. The molecule has 1 aromatic heterocycles. The highest BCUT2D eigenvalue weighted by atomic mass is 35.5. The molecule has 0 spiro atoms. The summed E-state index contributed by atoms with van der Waals surface area (Å²) in [5.41, 5.74) is 4.42. The van der Waals surface area contributed by atoms with Gasteiger partial charge in [0.1, 0.15) is 0 Å². The average molecular weight is 417 g/mol. The number of fused-ring (bicyclic) bond motifs is 1. The van der Waals surface area contributed by atoms with Crippen LogP contribution in [0, 0.1) is 0 Å². The Morgan fingerprint density at radius 3 is 2.67 bits per heavy atom. The number of hydrogen-bond acceptors (Lipinski definition) is 3. The molecule has 6 heteroatoms. The largest absolute Gasteiger partial charge is 0.298 e. The third-order valence-electron chi connectivity index (χ3n) is 4.75. The fourth-order valence-corrected chi connectivity index (χ4v) is 4.50. The molecular weight excluding hydrogens is 399 g/mol. The number of carbonyl (C=O) groups is 1. The first-order valence-electron chi connectivity index (χ1n) is 8.90. The number of aryl methyl sites for hydroxylation is 2. The van der Waals surface area contributed by atoms with Gasteiger partial charge in [-0.25, -0.2) is 4.98 Å². The Morgan fingerprint density at radius 1 is 1.04 bits per heavy atom. The van der Waals surface area contributed by atoms with Crippen molar-refractivity contribution in [3.05, 3.63) is 79.8 Å². The molecule has 1 aliphatic carbocycles. The van der Waals surface area contributed by atoms with Crippen LogP contribution in [-0.2, 0) is 19.3 Å². The first-order chi connectivity index (χ1) is 13.1. The highest BCUT2D eigenvalue weighted by Gasteiger charge is 2.14. The van der Waals surface area contributed by atoms with Crippen LogP contribution in [0.2, 0.25) is 10.0 Å². The summed E-state index contributed by atoms with van der Waals surface area (Å²) in [5.74, 6) is -0.112. The fraction of sp³-hybridized carbons (Fsp3) is 0.238. The molecule has 1 N–H and O–H groups in total. The van der Waals surface area contributed by atoms with E-state index in [-0.39, 0.29) is 5.91 Å². The summed E-state index contributed by atoms with van der Waals surface area (Å²) in [6, 6.07) is 11.6. The second-order valence-electron chi connectivity index (χ2n) is 6.70. The first-order valence-corrected chi connectivity index (χ1v) is 10.5. The van der Waals surface area contributed by atoms with Crippen molar-refractivity contribution in [2.75, 3.05) is 5.32 Å². The Labute approximate surface area is 172 Å². The molecule has 0 aliphatic heterocycles. The van der Waals surface area contributed by atoms with Crippen molar-refractivity contribution in [1.29, 1.82) is 0 Å². The molecule has 0 unspecified atom stereocenters. The molecule has 0 radical (unpaired) electrons. The Balaban J connectivity index is 1.44. The van der Waals surface area contributed by atoms with Crippen molar-refractivity contribution in [3.8, 4) is 0 Å². The molecule has 0 saturated carbocycles. The van der Waals surface area contributed by atoms with Crippen molar-refractivity contribution in [3.63, 3.8) is 0 Å². The van der Waals surface area contributed by atoms with Crippen molar-refractivity contribution in [2.24, 2.45) is 0 Å². The number of anilines is 1. The molecule has 1 amide bonds. The summed E-state index contributed by atoms with van der Waals surface area (Å²) < 4.78 is 0. The lowest BCUT2D eigenvalue weighted by atomic mass is 9.90. The number of nitrogens with one attached hydrogen (secondary N) is 1. The third kappa shape index (κ3) is 4.34. The van der Waals surface area contributed by atoms with Gasteiger partial charge in [-0.15, -0.1) is 11.3 Å². The van der Waals surface area contributed by atoms with Gasteiger partial charge in [-0.3, -0.25) is 10.1 Å². The molecule has 27 heavy (non-hydrogen) atoms. The second kappa shape index (κ2) is 8.01. The number of aromatic nitrogens is 1. The van der Waals surface area contributed by atoms with Crippen LogP contribution in [0.4, 0.5) is 5.13 Å². The van der Waals surface area contributed by atoms with E-state index in [1.165, 1.54) is 35.3 Å². The summed E-state index contributed by atoms with van der Waals surface area (Å²) in [6.07, 6.45) is 7.09. The smallest absolute Gasteiger partial charge is 0.257 e. The van der Waals surface area contributed by atoms with E-state index in [2.05, 4.69) is 16.4 Å². The molecule has 1 aliphatic rings. The Hall–Kier alpha value is -1.88. The van der Waals surface area contributed by atoms with Crippen LogP contribution in [0.5, 0.6) is 0 Å². The van der Waals surface area contributed by atoms with Gasteiger partial charge < -0.3 is 0 Å². The van der Waals surface area contributed by atoms with Gasteiger partial charge in [0.15, 0.2) is 5.13 Å². The molecule has 0 saturated heterocycles. The van der Waals surface area contributed by atoms with Crippen molar-refractivity contribution >= 4 is 45.6 Å².